The zero-order valence-electron chi connectivity index (χ0n) is 14.7. The van der Waals surface area contributed by atoms with Gasteiger partial charge in [0.2, 0.25) is 0 Å². The summed E-state index contributed by atoms with van der Waals surface area (Å²) in [5.41, 5.74) is 0.294. The summed E-state index contributed by atoms with van der Waals surface area (Å²) < 4.78 is 37.2. The number of hydrogen-bond donors (Lipinski definition) is 2. The molecule has 0 radical (unpaired) electrons. The first-order chi connectivity index (χ1) is 12.4. The molecule has 2 heterocycles. The predicted molar refractivity (Wildman–Crippen MR) is 99.9 cm³/mol. The molecule has 26 heavy (non-hydrogen) atoms. The van der Waals surface area contributed by atoms with Crippen molar-refractivity contribution >= 4 is 27.2 Å². The molecule has 3 rings (SSSR count). The van der Waals surface area contributed by atoms with Crippen molar-refractivity contribution in [1.82, 2.24) is 9.97 Å². The van der Waals surface area contributed by atoms with E-state index in [4.69, 9.17) is 0 Å². The van der Waals surface area contributed by atoms with Gasteiger partial charge in [0.25, 0.3) is 0 Å². The maximum Gasteiger partial charge on any atom is 0.175 e. The largest absolute Gasteiger partial charge is 0.381 e. The summed E-state index contributed by atoms with van der Waals surface area (Å²) in [6.45, 7) is 1.41. The Kier molecular flexibility index (Phi) is 5.26. The molecule has 2 N–H and O–H groups in total. The average Bonchev–Trinajstić information content (AvgIpc) is 3.08. The van der Waals surface area contributed by atoms with Crippen molar-refractivity contribution in [3.05, 3.63) is 36.4 Å². The van der Waals surface area contributed by atoms with Crippen molar-refractivity contribution in [3.8, 4) is 0 Å². The van der Waals surface area contributed by atoms with Crippen molar-refractivity contribution in [1.29, 1.82) is 0 Å². The Morgan fingerprint density at radius 2 is 2.12 bits per heavy atom. The van der Waals surface area contributed by atoms with Crippen LogP contribution in [0.15, 0.2) is 35.5 Å². The third-order valence-corrected chi connectivity index (χ3v) is 5.59. The standard InChI is InChI=1S/C17H22FN5O2S/c1-19-16-9-17(22-11-21-16)23-7-3-4-12(23)10-20-15-6-5-13(8-14(15)18)26(2,24)25/h5-6,8-9,11-12,20H,3-4,7,10H2,1-2H3,(H,19,21,22). The predicted octanol–water partition coefficient (Wildman–Crippen LogP) is 2.14. The lowest BCUT2D eigenvalue weighted by Crippen LogP contribution is -2.35. The lowest BCUT2D eigenvalue weighted by molar-refractivity contribution is 0.596. The van der Waals surface area contributed by atoms with Gasteiger partial charge in [-0.1, -0.05) is 0 Å². The van der Waals surface area contributed by atoms with Crippen LogP contribution in [-0.4, -0.2) is 50.8 Å². The Morgan fingerprint density at radius 1 is 1.31 bits per heavy atom. The Hall–Kier alpha value is -2.42. The normalized spacial score (nSPS) is 17.3. The van der Waals surface area contributed by atoms with Crippen molar-refractivity contribution in [2.75, 3.05) is 41.9 Å². The van der Waals surface area contributed by atoms with Gasteiger partial charge in [0.05, 0.1) is 10.6 Å². The molecule has 1 saturated heterocycles. The molecule has 1 unspecified atom stereocenters. The van der Waals surface area contributed by atoms with Crippen LogP contribution in [0.4, 0.5) is 21.7 Å². The fourth-order valence-corrected chi connectivity index (χ4v) is 3.72. The number of rotatable bonds is 6. The number of aromatic nitrogens is 2. The maximum absolute atomic E-state index is 14.2. The number of nitrogens with zero attached hydrogens (tertiary/aromatic N) is 3. The van der Waals surface area contributed by atoms with Gasteiger partial charge in [-0.3, -0.25) is 0 Å². The highest BCUT2D eigenvalue weighted by molar-refractivity contribution is 7.90. The van der Waals surface area contributed by atoms with Crippen molar-refractivity contribution in [2.24, 2.45) is 0 Å². The van der Waals surface area contributed by atoms with Crippen LogP contribution in [0.1, 0.15) is 12.8 Å². The van der Waals surface area contributed by atoms with Crippen molar-refractivity contribution in [2.45, 2.75) is 23.8 Å². The number of hydrogen-bond acceptors (Lipinski definition) is 7. The minimum absolute atomic E-state index is 0.0244. The summed E-state index contributed by atoms with van der Waals surface area (Å²) in [6.07, 6.45) is 4.58. The minimum Gasteiger partial charge on any atom is -0.381 e. The van der Waals surface area contributed by atoms with E-state index in [0.29, 0.717) is 12.2 Å². The molecule has 0 aliphatic carbocycles. The van der Waals surface area contributed by atoms with Gasteiger partial charge in [-0.2, -0.15) is 0 Å². The first-order valence-corrected chi connectivity index (χ1v) is 10.3. The van der Waals surface area contributed by atoms with Crippen LogP contribution in [0, 0.1) is 5.82 Å². The first kappa shape index (κ1) is 18.4. The minimum atomic E-state index is -3.42. The smallest absolute Gasteiger partial charge is 0.175 e. The van der Waals surface area contributed by atoms with Crippen molar-refractivity contribution < 1.29 is 12.8 Å². The molecule has 0 spiro atoms. The fourth-order valence-electron chi connectivity index (χ4n) is 3.09. The average molecular weight is 379 g/mol. The zero-order chi connectivity index (χ0) is 18.7. The molecule has 1 atom stereocenters. The van der Waals surface area contributed by atoms with Gasteiger partial charge < -0.3 is 15.5 Å². The fraction of sp³-hybridized carbons (Fsp3) is 0.412. The summed E-state index contributed by atoms with van der Waals surface area (Å²) >= 11 is 0. The molecule has 1 fully saturated rings. The highest BCUT2D eigenvalue weighted by Crippen LogP contribution is 2.26. The van der Waals surface area contributed by atoms with E-state index in [1.165, 1.54) is 18.5 Å². The first-order valence-electron chi connectivity index (χ1n) is 8.38. The third kappa shape index (κ3) is 4.04. The van der Waals surface area contributed by atoms with Crippen LogP contribution < -0.4 is 15.5 Å². The molecular weight excluding hydrogens is 357 g/mol. The second-order valence-electron chi connectivity index (χ2n) is 6.30. The number of sulfone groups is 1. The molecule has 7 nitrogen and oxygen atoms in total. The van der Waals surface area contributed by atoms with Crippen LogP contribution in [0.5, 0.6) is 0 Å². The Bertz CT molecular complexity index is 890. The summed E-state index contributed by atoms with van der Waals surface area (Å²) in [5, 5.41) is 6.09. The molecule has 9 heteroatoms. The molecule has 140 valence electrons. The lowest BCUT2D eigenvalue weighted by Gasteiger charge is -2.26. The second-order valence-corrected chi connectivity index (χ2v) is 8.31. The molecular formula is C17H22FN5O2S. The highest BCUT2D eigenvalue weighted by atomic mass is 32.2. The van der Waals surface area contributed by atoms with Gasteiger partial charge >= 0.3 is 0 Å². The third-order valence-electron chi connectivity index (χ3n) is 4.48. The van der Waals surface area contributed by atoms with Crippen LogP contribution >= 0.6 is 0 Å². The van der Waals surface area contributed by atoms with E-state index in [1.54, 1.807) is 7.05 Å². The number of nitrogens with one attached hydrogen (secondary N) is 2. The molecule has 2 aromatic rings. The summed E-state index contributed by atoms with van der Waals surface area (Å²) in [5.74, 6) is 1.01. The van der Waals surface area contributed by atoms with Crippen molar-refractivity contribution in [3.63, 3.8) is 0 Å². The number of halogens is 1. The maximum atomic E-state index is 14.2. The topological polar surface area (TPSA) is 87.2 Å². The Labute approximate surface area is 152 Å². The van der Waals surface area contributed by atoms with E-state index < -0.39 is 15.7 Å². The van der Waals surface area contributed by atoms with Crippen LogP contribution in [-0.2, 0) is 9.84 Å². The lowest BCUT2D eigenvalue weighted by atomic mass is 10.2. The van der Waals surface area contributed by atoms with E-state index in [0.717, 1.165) is 43.3 Å². The van der Waals surface area contributed by atoms with Gasteiger partial charge in [0.1, 0.15) is 23.8 Å². The summed E-state index contributed by atoms with van der Waals surface area (Å²) in [4.78, 5) is 10.6. The van der Waals surface area contributed by atoms with Gasteiger partial charge in [0.15, 0.2) is 9.84 Å². The Balaban J connectivity index is 1.70. The van der Waals surface area contributed by atoms with E-state index in [1.807, 2.05) is 6.07 Å². The van der Waals surface area contributed by atoms with Crippen LogP contribution in [0.25, 0.3) is 0 Å². The number of anilines is 3. The summed E-state index contributed by atoms with van der Waals surface area (Å²) in [6, 6.07) is 5.99. The van der Waals surface area contributed by atoms with E-state index >= 15 is 0 Å². The molecule has 1 aromatic heterocycles. The molecule has 1 aliphatic rings. The van der Waals surface area contributed by atoms with Gasteiger partial charge in [-0.15, -0.1) is 0 Å². The van der Waals surface area contributed by atoms with E-state index in [2.05, 4.69) is 25.5 Å². The monoisotopic (exact) mass is 379 g/mol. The van der Waals surface area contributed by atoms with E-state index in [9.17, 15) is 12.8 Å². The van der Waals surface area contributed by atoms with Gasteiger partial charge in [-0.05, 0) is 31.0 Å². The van der Waals surface area contributed by atoms with Crippen LogP contribution in [0.3, 0.4) is 0 Å². The molecule has 0 bridgehead atoms. The molecule has 0 saturated carbocycles. The summed E-state index contributed by atoms with van der Waals surface area (Å²) in [7, 11) is -1.62. The number of benzene rings is 1. The zero-order valence-corrected chi connectivity index (χ0v) is 15.6. The molecule has 1 aromatic carbocycles. The quantitative estimate of drug-likeness (QED) is 0.795. The molecule has 1 aliphatic heterocycles. The van der Waals surface area contributed by atoms with E-state index in [-0.39, 0.29) is 10.9 Å². The van der Waals surface area contributed by atoms with Gasteiger partial charge in [-0.25, -0.2) is 22.8 Å². The molecule has 0 amide bonds. The Morgan fingerprint density at radius 3 is 2.81 bits per heavy atom. The highest BCUT2D eigenvalue weighted by Gasteiger charge is 2.26. The second kappa shape index (κ2) is 7.45. The SMILES string of the molecule is CNc1cc(N2CCCC2CNc2ccc(S(C)(=O)=O)cc2F)ncn1. The van der Waals surface area contributed by atoms with Crippen LogP contribution in [0.2, 0.25) is 0 Å². The van der Waals surface area contributed by atoms with Gasteiger partial charge in [0, 0.05) is 38.5 Å².